The van der Waals surface area contributed by atoms with E-state index in [0.717, 1.165) is 54.8 Å². The Morgan fingerprint density at radius 2 is 1.69 bits per heavy atom. The van der Waals surface area contributed by atoms with Gasteiger partial charge < -0.3 is 4.90 Å². The van der Waals surface area contributed by atoms with Crippen LogP contribution >= 0.6 is 0 Å². The van der Waals surface area contributed by atoms with Crippen LogP contribution in [0, 0.1) is 0 Å². The van der Waals surface area contributed by atoms with E-state index in [-0.39, 0.29) is 5.65 Å². The van der Waals surface area contributed by atoms with E-state index in [2.05, 4.69) is 15.1 Å². The maximum absolute atomic E-state index is 13.0. The Labute approximate surface area is 162 Å². The largest absolute Gasteiger partial charge is 0.416 e. The van der Waals surface area contributed by atoms with E-state index in [0.29, 0.717) is 5.69 Å². The van der Waals surface area contributed by atoms with E-state index in [1.54, 1.807) is 4.52 Å². The first-order valence-electron chi connectivity index (χ1n) is 9.31. The van der Waals surface area contributed by atoms with Gasteiger partial charge in [-0.3, -0.25) is 0 Å². The Kier molecular flexibility index (Phi) is 3.87. The van der Waals surface area contributed by atoms with Crippen molar-refractivity contribution in [1.82, 2.24) is 14.9 Å². The van der Waals surface area contributed by atoms with Crippen LogP contribution in [0.2, 0.25) is 0 Å². The van der Waals surface area contributed by atoms with Gasteiger partial charge in [-0.1, -0.05) is 17.1 Å². The number of benzene rings is 2. The first kappa shape index (κ1) is 17.7. The van der Waals surface area contributed by atoms with Crippen molar-refractivity contribution in [3.8, 4) is 5.69 Å². The monoisotopic (exact) mass is 400 g/mol. The summed E-state index contributed by atoms with van der Waals surface area (Å²) in [5.41, 5.74) is 0.0990. The van der Waals surface area contributed by atoms with E-state index in [1.165, 1.54) is 16.8 Å². The molecule has 1 aliphatic rings. The lowest BCUT2D eigenvalue weighted by Crippen LogP contribution is -2.30. The lowest BCUT2D eigenvalue weighted by Gasteiger charge is -2.14. The summed E-state index contributed by atoms with van der Waals surface area (Å²) >= 11 is 0. The molecule has 9 heteroatoms. The second-order valence-electron chi connectivity index (χ2n) is 7.09. The van der Waals surface area contributed by atoms with Crippen LogP contribution in [-0.4, -0.2) is 28.0 Å². The summed E-state index contributed by atoms with van der Waals surface area (Å²) < 4.78 is 41.3. The molecule has 0 aliphatic carbocycles. The van der Waals surface area contributed by atoms with Gasteiger partial charge in [0.1, 0.15) is 11.2 Å². The predicted octanol–water partition coefficient (Wildman–Crippen LogP) is 3.07. The van der Waals surface area contributed by atoms with Crippen LogP contribution in [0.4, 0.5) is 19.0 Å². The average molecular weight is 400 g/mol. The second-order valence-corrected chi connectivity index (χ2v) is 7.09. The lowest BCUT2D eigenvalue weighted by atomic mass is 10.2. The highest BCUT2D eigenvalue weighted by atomic mass is 19.4. The minimum Gasteiger partial charge on any atom is -0.342 e. The standard InChI is InChI=1S/C20H16F3N5O/c21-20(22,23)13-7-9-14(10-8-13)27-19(29)18-24-17(26-11-3-4-12-26)15-5-1-2-6-16(15)28(18)25-27/h1-2,5-10H,3-4,11-12H2/p+1. The van der Waals surface area contributed by atoms with E-state index in [9.17, 15) is 18.0 Å². The number of halogens is 3. The first-order chi connectivity index (χ1) is 13.9. The van der Waals surface area contributed by atoms with Gasteiger partial charge in [0, 0.05) is 13.1 Å². The van der Waals surface area contributed by atoms with Crippen molar-refractivity contribution in [3.63, 3.8) is 0 Å². The number of aromatic amines is 1. The Bertz CT molecular complexity index is 1270. The molecule has 0 unspecified atom stereocenters. The number of anilines is 1. The molecule has 4 aromatic rings. The van der Waals surface area contributed by atoms with Crippen LogP contribution < -0.4 is 15.0 Å². The van der Waals surface area contributed by atoms with Gasteiger partial charge in [0.05, 0.1) is 10.9 Å². The molecule has 1 saturated heterocycles. The Morgan fingerprint density at radius 1 is 1.00 bits per heavy atom. The molecule has 1 N–H and O–H groups in total. The number of nitrogens with zero attached hydrogens (tertiary/aromatic N) is 4. The fourth-order valence-corrected chi connectivity index (χ4v) is 3.82. The quantitative estimate of drug-likeness (QED) is 0.526. The van der Waals surface area contributed by atoms with E-state index in [4.69, 9.17) is 0 Å². The smallest absolute Gasteiger partial charge is 0.342 e. The fraction of sp³-hybridized carbons (Fsp3) is 0.250. The summed E-state index contributed by atoms with van der Waals surface area (Å²) in [6.07, 6.45) is -2.28. The average Bonchev–Trinajstić information content (AvgIpc) is 3.35. The van der Waals surface area contributed by atoms with Gasteiger partial charge in [0.2, 0.25) is 5.82 Å². The van der Waals surface area contributed by atoms with E-state index < -0.39 is 17.3 Å². The minimum absolute atomic E-state index is 0.200. The second kappa shape index (κ2) is 6.33. The van der Waals surface area contributed by atoms with Crippen molar-refractivity contribution in [2.75, 3.05) is 18.0 Å². The van der Waals surface area contributed by atoms with Crippen molar-refractivity contribution < 1.29 is 17.7 Å². The molecule has 2 aromatic heterocycles. The highest BCUT2D eigenvalue weighted by Gasteiger charge is 2.31. The Hall–Kier alpha value is -3.36. The minimum atomic E-state index is -4.43. The van der Waals surface area contributed by atoms with Gasteiger partial charge >= 0.3 is 17.4 Å². The molecule has 1 fully saturated rings. The van der Waals surface area contributed by atoms with Crippen molar-refractivity contribution in [1.29, 1.82) is 0 Å². The molecule has 0 radical (unpaired) electrons. The number of rotatable bonds is 2. The Morgan fingerprint density at radius 3 is 2.38 bits per heavy atom. The zero-order chi connectivity index (χ0) is 20.2. The maximum atomic E-state index is 13.0. The summed E-state index contributed by atoms with van der Waals surface area (Å²) in [4.78, 5) is 19.8. The third-order valence-corrected chi connectivity index (χ3v) is 5.26. The molecule has 0 spiro atoms. The molecular weight excluding hydrogens is 383 g/mol. The summed E-state index contributed by atoms with van der Waals surface area (Å²) in [7, 11) is 0. The topological polar surface area (TPSA) is 58.0 Å². The van der Waals surface area contributed by atoms with Crippen molar-refractivity contribution in [2.24, 2.45) is 0 Å². The molecule has 0 saturated carbocycles. The molecule has 29 heavy (non-hydrogen) atoms. The van der Waals surface area contributed by atoms with Crippen molar-refractivity contribution >= 4 is 22.4 Å². The van der Waals surface area contributed by atoms with Gasteiger partial charge in [-0.05, 0) is 49.2 Å². The SMILES string of the molecule is O=c1c2nc(N3CCCC3)c3ccccc3[n+]2[nH]n1-c1ccc(C(F)(F)F)cc1. The highest BCUT2D eigenvalue weighted by molar-refractivity contribution is 5.88. The van der Waals surface area contributed by atoms with Crippen LogP contribution in [0.5, 0.6) is 0 Å². The molecule has 2 aromatic carbocycles. The first-order valence-corrected chi connectivity index (χ1v) is 9.31. The number of aromatic nitrogens is 4. The maximum Gasteiger partial charge on any atom is 0.416 e. The molecule has 6 nitrogen and oxygen atoms in total. The van der Waals surface area contributed by atoms with Gasteiger partial charge in [-0.25, -0.2) is 4.79 Å². The number of nitrogens with one attached hydrogen (secondary N) is 1. The van der Waals surface area contributed by atoms with Gasteiger partial charge in [-0.15, -0.1) is 14.4 Å². The van der Waals surface area contributed by atoms with Crippen LogP contribution in [0.15, 0.2) is 53.3 Å². The number of fused-ring (bicyclic) bond motifs is 3. The summed E-state index contributed by atoms with van der Waals surface area (Å²) in [6, 6.07) is 12.1. The number of hydrogen-bond acceptors (Lipinski definition) is 3. The van der Waals surface area contributed by atoms with Crippen LogP contribution in [0.1, 0.15) is 18.4 Å². The molecule has 5 rings (SSSR count). The fourth-order valence-electron chi connectivity index (χ4n) is 3.82. The predicted molar refractivity (Wildman–Crippen MR) is 101 cm³/mol. The molecule has 1 aliphatic heterocycles. The van der Waals surface area contributed by atoms with Crippen molar-refractivity contribution in [3.05, 3.63) is 64.4 Å². The Balaban J connectivity index is 1.72. The van der Waals surface area contributed by atoms with Gasteiger partial charge in [0.25, 0.3) is 0 Å². The summed E-state index contributed by atoms with van der Waals surface area (Å²) in [5, 5.41) is 3.87. The number of H-pyrrole nitrogens is 1. The lowest BCUT2D eigenvalue weighted by molar-refractivity contribution is -0.557. The van der Waals surface area contributed by atoms with Crippen LogP contribution in [0.25, 0.3) is 22.2 Å². The van der Waals surface area contributed by atoms with Crippen LogP contribution in [-0.2, 0) is 6.18 Å². The molecule has 3 heterocycles. The number of hydrogen-bond donors (Lipinski definition) is 1. The van der Waals surface area contributed by atoms with E-state index >= 15 is 0 Å². The van der Waals surface area contributed by atoms with E-state index in [1.807, 2.05) is 24.3 Å². The van der Waals surface area contributed by atoms with Gasteiger partial charge in [0.15, 0.2) is 0 Å². The molecule has 0 amide bonds. The zero-order valence-corrected chi connectivity index (χ0v) is 15.3. The summed E-state index contributed by atoms with van der Waals surface area (Å²) in [5.74, 6) is 0.758. The molecular formula is C20H17F3N5O+. The normalized spacial score (nSPS) is 14.9. The molecule has 0 atom stereocenters. The zero-order valence-electron chi connectivity index (χ0n) is 15.3. The summed E-state index contributed by atoms with van der Waals surface area (Å²) in [6.45, 7) is 1.76. The third-order valence-electron chi connectivity index (χ3n) is 5.26. The van der Waals surface area contributed by atoms with Gasteiger partial charge in [-0.2, -0.15) is 13.2 Å². The highest BCUT2D eigenvalue weighted by Crippen LogP contribution is 2.29. The van der Waals surface area contributed by atoms with Crippen LogP contribution in [0.3, 0.4) is 0 Å². The molecule has 148 valence electrons. The molecule has 0 bridgehead atoms. The number of para-hydroxylation sites is 1. The number of alkyl halides is 3. The third kappa shape index (κ3) is 2.84. The van der Waals surface area contributed by atoms with Crippen molar-refractivity contribution in [2.45, 2.75) is 19.0 Å².